The summed E-state index contributed by atoms with van der Waals surface area (Å²) in [6.45, 7) is 4.66. The van der Waals surface area contributed by atoms with Crippen LogP contribution in [-0.4, -0.2) is 22.2 Å². The molecule has 25 heavy (non-hydrogen) atoms. The summed E-state index contributed by atoms with van der Waals surface area (Å²) in [6.07, 6.45) is 0.799. The van der Waals surface area contributed by atoms with E-state index in [0.717, 1.165) is 27.1 Å². The molecule has 1 amide bonds. The van der Waals surface area contributed by atoms with Crippen molar-refractivity contribution in [2.24, 2.45) is 0 Å². The minimum absolute atomic E-state index is 0.0318. The monoisotopic (exact) mass is 445 g/mol. The van der Waals surface area contributed by atoms with Crippen LogP contribution in [0.15, 0.2) is 54.6 Å². The second-order valence-corrected chi connectivity index (χ2v) is 7.26. The van der Waals surface area contributed by atoms with Gasteiger partial charge in [-0.2, -0.15) is 5.10 Å². The number of rotatable bonds is 5. The van der Waals surface area contributed by atoms with Crippen LogP contribution in [0.1, 0.15) is 27.3 Å². The second kappa shape index (κ2) is 7.82. The Balaban J connectivity index is 1.56. The van der Waals surface area contributed by atoms with Crippen LogP contribution in [0.3, 0.4) is 0 Å². The number of aromatic nitrogens is 2. The molecule has 0 saturated heterocycles. The smallest absolute Gasteiger partial charge is 0.251 e. The van der Waals surface area contributed by atoms with Gasteiger partial charge in [-0.1, -0.05) is 12.1 Å². The van der Waals surface area contributed by atoms with E-state index in [1.54, 1.807) is 0 Å². The number of hydrogen-bond acceptors (Lipinski definition) is 2. The van der Waals surface area contributed by atoms with Crippen LogP contribution in [0.5, 0.6) is 0 Å². The molecule has 5 heteroatoms. The van der Waals surface area contributed by atoms with E-state index >= 15 is 0 Å². The van der Waals surface area contributed by atoms with Gasteiger partial charge in [-0.3, -0.25) is 4.79 Å². The number of amides is 1. The number of carbonyl (C=O) groups is 1. The van der Waals surface area contributed by atoms with E-state index < -0.39 is 0 Å². The van der Waals surface area contributed by atoms with Gasteiger partial charge in [0, 0.05) is 21.4 Å². The Bertz CT molecular complexity index is 867. The molecule has 4 nitrogen and oxygen atoms in total. The van der Waals surface area contributed by atoms with E-state index in [0.29, 0.717) is 12.1 Å². The minimum atomic E-state index is -0.0318. The van der Waals surface area contributed by atoms with Crippen LogP contribution in [0, 0.1) is 17.4 Å². The maximum Gasteiger partial charge on any atom is 0.251 e. The Morgan fingerprint density at radius 3 is 2.36 bits per heavy atom. The van der Waals surface area contributed by atoms with Gasteiger partial charge in [0.2, 0.25) is 0 Å². The van der Waals surface area contributed by atoms with Gasteiger partial charge in [0.05, 0.1) is 11.4 Å². The lowest BCUT2D eigenvalue weighted by Gasteiger charge is -2.08. The predicted molar refractivity (Wildman–Crippen MR) is 108 cm³/mol. The molecule has 0 saturated carbocycles. The maximum atomic E-state index is 12.1. The fourth-order valence-corrected chi connectivity index (χ4v) is 3.08. The van der Waals surface area contributed by atoms with Crippen LogP contribution in [0.25, 0.3) is 5.69 Å². The molecule has 0 radical (unpaired) electrons. The highest BCUT2D eigenvalue weighted by Gasteiger charge is 2.06. The molecule has 0 spiro atoms. The zero-order chi connectivity index (χ0) is 17.8. The highest BCUT2D eigenvalue weighted by molar-refractivity contribution is 14.1. The van der Waals surface area contributed by atoms with Crippen molar-refractivity contribution in [2.45, 2.75) is 20.3 Å². The topological polar surface area (TPSA) is 46.9 Å². The summed E-state index contributed by atoms with van der Waals surface area (Å²) < 4.78 is 3.06. The van der Waals surface area contributed by atoms with Gasteiger partial charge in [-0.25, -0.2) is 4.68 Å². The average molecular weight is 445 g/mol. The van der Waals surface area contributed by atoms with Crippen molar-refractivity contribution in [3.63, 3.8) is 0 Å². The fourth-order valence-electron chi connectivity index (χ4n) is 2.72. The molecule has 128 valence electrons. The lowest BCUT2D eigenvalue weighted by molar-refractivity contribution is 0.0954. The number of hydrogen-bond donors (Lipinski definition) is 1. The minimum Gasteiger partial charge on any atom is -0.352 e. The maximum absolute atomic E-state index is 12.1. The average Bonchev–Trinajstić information content (AvgIpc) is 2.94. The molecule has 0 atom stereocenters. The molecule has 3 aromatic rings. The second-order valence-electron chi connectivity index (χ2n) is 6.02. The van der Waals surface area contributed by atoms with Gasteiger partial charge in [0.15, 0.2) is 0 Å². The van der Waals surface area contributed by atoms with E-state index in [9.17, 15) is 4.79 Å². The van der Waals surface area contributed by atoms with Crippen molar-refractivity contribution < 1.29 is 4.79 Å². The van der Waals surface area contributed by atoms with Crippen molar-refractivity contribution in [3.8, 4) is 5.69 Å². The van der Waals surface area contributed by atoms with Gasteiger partial charge in [0.25, 0.3) is 5.91 Å². The van der Waals surface area contributed by atoms with Crippen LogP contribution in [-0.2, 0) is 6.42 Å². The first-order valence-corrected chi connectivity index (χ1v) is 9.27. The molecule has 1 aromatic heterocycles. The molecule has 1 N–H and O–H groups in total. The molecule has 0 bridgehead atoms. The van der Waals surface area contributed by atoms with Crippen molar-refractivity contribution in [1.29, 1.82) is 0 Å². The van der Waals surface area contributed by atoms with Crippen molar-refractivity contribution >= 4 is 28.5 Å². The standard InChI is InChI=1S/C20H20IN3O/c1-14-13-15(2)24(23-14)19-9-3-16(4-10-19)11-12-22-20(25)17-5-7-18(21)8-6-17/h3-10,13H,11-12H2,1-2H3,(H,22,25). The number of benzene rings is 2. The summed E-state index contributed by atoms with van der Waals surface area (Å²) >= 11 is 2.23. The summed E-state index contributed by atoms with van der Waals surface area (Å²) in [5.74, 6) is -0.0318. The van der Waals surface area contributed by atoms with Gasteiger partial charge < -0.3 is 5.32 Å². The lowest BCUT2D eigenvalue weighted by Crippen LogP contribution is -2.25. The summed E-state index contributed by atoms with van der Waals surface area (Å²) in [6, 6.07) is 17.9. The molecule has 0 aliphatic carbocycles. The number of nitrogens with one attached hydrogen (secondary N) is 1. The summed E-state index contributed by atoms with van der Waals surface area (Å²) in [4.78, 5) is 12.1. The number of aryl methyl sites for hydroxylation is 2. The first kappa shape index (κ1) is 17.7. The van der Waals surface area contributed by atoms with E-state index in [1.165, 1.54) is 5.56 Å². The zero-order valence-corrected chi connectivity index (χ0v) is 16.4. The molecule has 0 aliphatic rings. The van der Waals surface area contributed by atoms with Gasteiger partial charge in [-0.05, 0) is 90.9 Å². The third kappa shape index (κ3) is 4.48. The molecule has 1 heterocycles. The number of carbonyl (C=O) groups excluding carboxylic acids is 1. The Kier molecular flexibility index (Phi) is 5.53. The molecular formula is C20H20IN3O. The fraction of sp³-hybridized carbons (Fsp3) is 0.200. The van der Waals surface area contributed by atoms with Crippen molar-refractivity contribution in [2.75, 3.05) is 6.54 Å². The summed E-state index contributed by atoms with van der Waals surface area (Å²) in [5.41, 5.74) is 5.07. The number of halogens is 1. The SMILES string of the molecule is Cc1cc(C)n(-c2ccc(CCNC(=O)c3ccc(I)cc3)cc2)n1. The summed E-state index contributed by atoms with van der Waals surface area (Å²) in [5, 5.41) is 7.46. The zero-order valence-electron chi connectivity index (χ0n) is 14.3. The molecular weight excluding hydrogens is 425 g/mol. The Hall–Kier alpha value is -2.15. The molecule has 2 aromatic carbocycles. The Morgan fingerprint density at radius 1 is 1.08 bits per heavy atom. The molecule has 0 fully saturated rings. The third-order valence-corrected chi connectivity index (χ3v) is 4.72. The van der Waals surface area contributed by atoms with Crippen LogP contribution in [0.2, 0.25) is 0 Å². The molecule has 3 rings (SSSR count). The highest BCUT2D eigenvalue weighted by atomic mass is 127. The van der Waals surface area contributed by atoms with Crippen molar-refractivity contribution in [3.05, 3.63) is 80.7 Å². The Labute approximate surface area is 161 Å². The largest absolute Gasteiger partial charge is 0.352 e. The van der Waals surface area contributed by atoms with Gasteiger partial charge >= 0.3 is 0 Å². The van der Waals surface area contributed by atoms with E-state index in [4.69, 9.17) is 0 Å². The van der Waals surface area contributed by atoms with Crippen LogP contribution < -0.4 is 5.32 Å². The first-order chi connectivity index (χ1) is 12.0. The summed E-state index contributed by atoms with van der Waals surface area (Å²) in [7, 11) is 0. The van der Waals surface area contributed by atoms with Gasteiger partial charge in [-0.15, -0.1) is 0 Å². The molecule has 0 unspecified atom stereocenters. The van der Waals surface area contributed by atoms with Crippen LogP contribution >= 0.6 is 22.6 Å². The molecule has 0 aliphatic heterocycles. The highest BCUT2D eigenvalue weighted by Crippen LogP contribution is 2.13. The Morgan fingerprint density at radius 2 is 1.76 bits per heavy atom. The van der Waals surface area contributed by atoms with E-state index in [-0.39, 0.29) is 5.91 Å². The first-order valence-electron chi connectivity index (χ1n) is 8.19. The number of nitrogens with zero attached hydrogens (tertiary/aromatic N) is 2. The van der Waals surface area contributed by atoms with E-state index in [2.05, 4.69) is 63.3 Å². The normalized spacial score (nSPS) is 10.7. The quantitative estimate of drug-likeness (QED) is 0.603. The lowest BCUT2D eigenvalue weighted by atomic mass is 10.1. The third-order valence-electron chi connectivity index (χ3n) is 4.00. The van der Waals surface area contributed by atoms with Gasteiger partial charge in [0.1, 0.15) is 0 Å². The predicted octanol–water partition coefficient (Wildman–Crippen LogP) is 4.07. The van der Waals surface area contributed by atoms with Crippen molar-refractivity contribution in [1.82, 2.24) is 15.1 Å². The van der Waals surface area contributed by atoms with E-state index in [1.807, 2.05) is 42.8 Å². The van der Waals surface area contributed by atoms with Crippen LogP contribution in [0.4, 0.5) is 0 Å².